The van der Waals surface area contributed by atoms with Gasteiger partial charge >= 0.3 is 0 Å². The van der Waals surface area contributed by atoms with Crippen LogP contribution in [-0.4, -0.2) is 41.4 Å². The number of benzene rings is 1. The summed E-state index contributed by atoms with van der Waals surface area (Å²) in [4.78, 5) is 31.2. The summed E-state index contributed by atoms with van der Waals surface area (Å²) >= 11 is 0. The van der Waals surface area contributed by atoms with Gasteiger partial charge in [-0.15, -0.1) is 0 Å². The van der Waals surface area contributed by atoms with E-state index in [1.165, 1.54) is 37.0 Å². The third-order valence-electron chi connectivity index (χ3n) is 6.53. The minimum Gasteiger partial charge on any atom is -0.489 e. The van der Waals surface area contributed by atoms with Crippen molar-refractivity contribution in [2.75, 3.05) is 25.0 Å². The van der Waals surface area contributed by atoms with Crippen molar-refractivity contribution in [2.24, 2.45) is 11.8 Å². The highest BCUT2D eigenvalue weighted by Gasteiger charge is 2.29. The lowest BCUT2D eigenvalue weighted by Gasteiger charge is -2.31. The number of anilines is 1. The van der Waals surface area contributed by atoms with Gasteiger partial charge in [-0.25, -0.2) is 13.8 Å². The number of rotatable bonds is 6. The van der Waals surface area contributed by atoms with E-state index in [9.17, 15) is 18.4 Å². The maximum Gasteiger partial charge on any atom is 0.256 e. The number of hydrogen-bond donors (Lipinski definition) is 1. The fourth-order valence-corrected chi connectivity index (χ4v) is 4.56. The molecule has 0 radical (unpaired) electrons. The van der Waals surface area contributed by atoms with Crippen LogP contribution in [0.15, 0.2) is 36.5 Å². The van der Waals surface area contributed by atoms with E-state index in [4.69, 9.17) is 4.74 Å². The Balaban J connectivity index is 1.31. The molecule has 4 rings (SSSR count). The first kappa shape index (κ1) is 23.1. The van der Waals surface area contributed by atoms with Crippen molar-refractivity contribution in [3.63, 3.8) is 0 Å². The van der Waals surface area contributed by atoms with Gasteiger partial charge in [0.1, 0.15) is 11.6 Å². The summed E-state index contributed by atoms with van der Waals surface area (Å²) in [5.41, 5.74) is -0.160. The van der Waals surface area contributed by atoms with Gasteiger partial charge in [-0.05, 0) is 55.9 Å². The van der Waals surface area contributed by atoms with Crippen LogP contribution in [0.25, 0.3) is 0 Å². The van der Waals surface area contributed by atoms with E-state index in [0.717, 1.165) is 12.1 Å². The van der Waals surface area contributed by atoms with Crippen LogP contribution < -0.4 is 10.1 Å². The lowest BCUT2D eigenvalue weighted by Crippen LogP contribution is -2.41. The second kappa shape index (κ2) is 10.7. The number of nitrogens with one attached hydrogen (secondary N) is 1. The van der Waals surface area contributed by atoms with Crippen LogP contribution in [0.3, 0.4) is 0 Å². The minimum absolute atomic E-state index is 0.160. The average Bonchev–Trinajstić information content (AvgIpc) is 2.84. The predicted molar refractivity (Wildman–Crippen MR) is 120 cm³/mol. The third kappa shape index (κ3) is 5.86. The number of aromatic nitrogens is 1. The van der Waals surface area contributed by atoms with Crippen molar-refractivity contribution in [1.29, 1.82) is 0 Å². The number of pyridine rings is 1. The molecule has 2 amide bonds. The zero-order valence-electron chi connectivity index (χ0n) is 18.6. The standard InChI is InChI=1S/C25H29F2N3O3/c26-19-8-9-20(21(27)15-19)25(32)30-13-10-18(11-14-30)24(31)29-23-22(7-4-12-28-23)33-16-17-5-2-1-3-6-17/h4,7-9,12,15,17-18H,1-3,5-6,10-11,13-14,16H2,(H,28,29,31). The van der Waals surface area contributed by atoms with Crippen LogP contribution in [0.1, 0.15) is 55.3 Å². The van der Waals surface area contributed by atoms with Crippen molar-refractivity contribution in [3.8, 4) is 5.75 Å². The molecule has 1 aliphatic heterocycles. The van der Waals surface area contributed by atoms with E-state index in [1.54, 1.807) is 12.3 Å². The Labute approximate surface area is 192 Å². The molecule has 0 unspecified atom stereocenters. The number of halogens is 2. The summed E-state index contributed by atoms with van der Waals surface area (Å²) < 4.78 is 33.1. The summed E-state index contributed by atoms with van der Waals surface area (Å²) in [5.74, 6) is -1.05. The molecule has 1 aliphatic carbocycles. The molecule has 0 bridgehead atoms. The lowest BCUT2D eigenvalue weighted by molar-refractivity contribution is -0.121. The predicted octanol–water partition coefficient (Wildman–Crippen LogP) is 4.81. The molecule has 176 valence electrons. The smallest absolute Gasteiger partial charge is 0.256 e. The van der Waals surface area contributed by atoms with Crippen molar-refractivity contribution in [3.05, 3.63) is 53.7 Å². The Kier molecular flexibility index (Phi) is 7.52. The maximum atomic E-state index is 14.0. The molecule has 2 heterocycles. The van der Waals surface area contributed by atoms with Gasteiger partial charge in [-0.3, -0.25) is 9.59 Å². The third-order valence-corrected chi connectivity index (χ3v) is 6.53. The zero-order valence-corrected chi connectivity index (χ0v) is 18.6. The molecule has 33 heavy (non-hydrogen) atoms. The Morgan fingerprint density at radius 2 is 1.82 bits per heavy atom. The van der Waals surface area contributed by atoms with E-state index in [0.29, 0.717) is 56.1 Å². The number of carbonyl (C=O) groups excluding carboxylic acids is 2. The number of hydrogen-bond acceptors (Lipinski definition) is 4. The number of piperidine rings is 1. The molecule has 1 aromatic heterocycles. The van der Waals surface area contributed by atoms with Crippen LogP contribution in [0, 0.1) is 23.5 Å². The summed E-state index contributed by atoms with van der Waals surface area (Å²) in [6.07, 6.45) is 8.61. The number of amides is 2. The number of nitrogens with zero attached hydrogens (tertiary/aromatic N) is 2. The molecule has 1 saturated carbocycles. The van der Waals surface area contributed by atoms with Crippen LogP contribution in [0.4, 0.5) is 14.6 Å². The average molecular weight is 458 g/mol. The van der Waals surface area contributed by atoms with Gasteiger partial charge in [-0.2, -0.15) is 0 Å². The maximum absolute atomic E-state index is 14.0. The normalized spacial score (nSPS) is 17.6. The fourth-order valence-electron chi connectivity index (χ4n) is 4.56. The molecule has 1 aromatic carbocycles. The van der Waals surface area contributed by atoms with Crippen LogP contribution in [0.2, 0.25) is 0 Å². The monoisotopic (exact) mass is 457 g/mol. The van der Waals surface area contributed by atoms with E-state index in [-0.39, 0.29) is 17.4 Å². The van der Waals surface area contributed by atoms with E-state index in [2.05, 4.69) is 10.3 Å². The Morgan fingerprint density at radius 3 is 2.55 bits per heavy atom. The van der Waals surface area contributed by atoms with Crippen LogP contribution in [0.5, 0.6) is 5.75 Å². The summed E-state index contributed by atoms with van der Waals surface area (Å²) in [5, 5.41) is 2.88. The first-order valence-electron chi connectivity index (χ1n) is 11.6. The molecular formula is C25H29F2N3O3. The van der Waals surface area contributed by atoms with Gasteiger partial charge in [0.2, 0.25) is 5.91 Å². The molecule has 6 nitrogen and oxygen atoms in total. The molecule has 0 spiro atoms. The fraction of sp³-hybridized carbons (Fsp3) is 0.480. The van der Waals surface area contributed by atoms with Gasteiger partial charge in [0.05, 0.1) is 12.2 Å². The van der Waals surface area contributed by atoms with Gasteiger partial charge in [0.25, 0.3) is 5.91 Å². The second-order valence-electron chi connectivity index (χ2n) is 8.85. The van der Waals surface area contributed by atoms with E-state index in [1.807, 2.05) is 6.07 Å². The lowest BCUT2D eigenvalue weighted by atomic mass is 9.90. The molecule has 2 aromatic rings. The topological polar surface area (TPSA) is 71.5 Å². The molecule has 0 atom stereocenters. The van der Waals surface area contributed by atoms with E-state index >= 15 is 0 Å². The Morgan fingerprint density at radius 1 is 1.06 bits per heavy atom. The highest BCUT2D eigenvalue weighted by molar-refractivity contribution is 5.95. The van der Waals surface area contributed by atoms with E-state index < -0.39 is 17.5 Å². The van der Waals surface area contributed by atoms with Crippen molar-refractivity contribution in [2.45, 2.75) is 44.9 Å². The van der Waals surface area contributed by atoms with Gasteiger partial charge in [0.15, 0.2) is 11.6 Å². The number of likely N-dealkylation sites (tertiary alicyclic amines) is 1. The second-order valence-corrected chi connectivity index (χ2v) is 8.85. The minimum atomic E-state index is -0.879. The molecule has 1 saturated heterocycles. The molecule has 2 fully saturated rings. The quantitative estimate of drug-likeness (QED) is 0.676. The largest absolute Gasteiger partial charge is 0.489 e. The van der Waals surface area contributed by atoms with Crippen LogP contribution >= 0.6 is 0 Å². The van der Waals surface area contributed by atoms with Crippen LogP contribution in [-0.2, 0) is 4.79 Å². The SMILES string of the molecule is O=C(Nc1ncccc1OCC1CCCCC1)C1CCN(C(=O)c2ccc(F)cc2F)CC1. The van der Waals surface area contributed by atoms with Gasteiger partial charge in [-0.1, -0.05) is 19.3 Å². The summed E-state index contributed by atoms with van der Waals surface area (Å²) in [6.45, 7) is 1.26. The Hall–Kier alpha value is -3.03. The highest BCUT2D eigenvalue weighted by Crippen LogP contribution is 2.28. The molecule has 8 heteroatoms. The van der Waals surface area contributed by atoms with Crippen molar-refractivity contribution in [1.82, 2.24) is 9.88 Å². The zero-order chi connectivity index (χ0) is 23.2. The highest BCUT2D eigenvalue weighted by atomic mass is 19.1. The Bertz CT molecular complexity index is 987. The van der Waals surface area contributed by atoms with Gasteiger partial charge < -0.3 is 15.0 Å². The number of carbonyl (C=O) groups is 2. The van der Waals surface area contributed by atoms with Crippen molar-refractivity contribution >= 4 is 17.6 Å². The first-order chi connectivity index (χ1) is 16.0. The first-order valence-corrected chi connectivity index (χ1v) is 11.6. The molecular weight excluding hydrogens is 428 g/mol. The molecule has 1 N–H and O–H groups in total. The van der Waals surface area contributed by atoms with Crippen molar-refractivity contribution < 1.29 is 23.1 Å². The number of ether oxygens (including phenoxy) is 1. The van der Waals surface area contributed by atoms with Gasteiger partial charge in [0, 0.05) is 31.3 Å². The summed E-state index contributed by atoms with van der Waals surface area (Å²) in [6, 6.07) is 6.52. The summed E-state index contributed by atoms with van der Waals surface area (Å²) in [7, 11) is 0. The molecule has 2 aliphatic rings.